The first-order valence-electron chi connectivity index (χ1n) is 10.7. The Morgan fingerprint density at radius 2 is 1.87 bits per heavy atom. The third-order valence-electron chi connectivity index (χ3n) is 5.30. The predicted molar refractivity (Wildman–Crippen MR) is 122 cm³/mol. The molecule has 1 aromatic carbocycles. The second-order valence-corrected chi connectivity index (χ2v) is 11.2. The molecule has 0 amide bonds. The van der Waals surface area contributed by atoms with Crippen molar-refractivity contribution in [3.63, 3.8) is 0 Å². The summed E-state index contributed by atoms with van der Waals surface area (Å²) in [6.45, 7) is 11.6. The first kappa shape index (κ1) is 24.6. The number of aliphatic imine (C=N–C) groups is 1. The smallest absolute Gasteiger partial charge is 0.242 e. The van der Waals surface area contributed by atoms with Crippen LogP contribution in [0.3, 0.4) is 0 Å². The van der Waals surface area contributed by atoms with Crippen LogP contribution in [0.5, 0.6) is 0 Å². The monoisotopic (exact) mass is 438 g/mol. The molecule has 2 N–H and O–H groups in total. The second kappa shape index (κ2) is 10.6. The van der Waals surface area contributed by atoms with Crippen LogP contribution in [-0.4, -0.2) is 58.6 Å². The van der Waals surface area contributed by atoms with Gasteiger partial charge in [0.25, 0.3) is 0 Å². The highest BCUT2D eigenvalue weighted by Gasteiger charge is 2.35. The number of hydrogen-bond donors (Lipinski definition) is 2. The molecule has 0 aliphatic carbocycles. The zero-order valence-electron chi connectivity index (χ0n) is 19.2. The van der Waals surface area contributed by atoms with E-state index >= 15 is 0 Å². The molecule has 1 fully saturated rings. The van der Waals surface area contributed by atoms with Crippen molar-refractivity contribution in [2.24, 2.45) is 16.3 Å². The number of benzene rings is 1. The summed E-state index contributed by atoms with van der Waals surface area (Å²) in [7, 11) is -0.349. The maximum Gasteiger partial charge on any atom is 0.242 e. The molecular formula is C22H38N4O3S. The molecule has 1 saturated heterocycles. The van der Waals surface area contributed by atoms with Crippen molar-refractivity contribution >= 4 is 16.0 Å². The van der Waals surface area contributed by atoms with Crippen molar-refractivity contribution in [3.05, 3.63) is 29.8 Å². The molecule has 1 aliphatic rings. The quantitative estimate of drug-likeness (QED) is 0.505. The van der Waals surface area contributed by atoms with E-state index in [4.69, 9.17) is 4.74 Å². The highest BCUT2D eigenvalue weighted by Crippen LogP contribution is 2.33. The Bertz CT molecular complexity index is 799. The molecule has 2 unspecified atom stereocenters. The number of nitrogens with zero attached hydrogens (tertiary/aromatic N) is 2. The van der Waals surface area contributed by atoms with E-state index in [1.165, 1.54) is 18.4 Å². The fourth-order valence-electron chi connectivity index (χ4n) is 3.73. The molecule has 1 heterocycles. The minimum absolute atomic E-state index is 0.108. The predicted octanol–water partition coefficient (Wildman–Crippen LogP) is 2.83. The van der Waals surface area contributed by atoms with E-state index in [0.29, 0.717) is 12.5 Å². The highest BCUT2D eigenvalue weighted by atomic mass is 32.2. The molecule has 0 saturated carbocycles. The van der Waals surface area contributed by atoms with Gasteiger partial charge in [0.05, 0.1) is 17.5 Å². The SMILES string of the molecule is CCNC(=NCc1ccc(S(=O)(=O)N(C)C)cc1)NCC1CCCOC1C(C)(C)C. The third-order valence-corrected chi connectivity index (χ3v) is 7.13. The fourth-order valence-corrected chi connectivity index (χ4v) is 4.63. The van der Waals surface area contributed by atoms with Crippen LogP contribution in [0, 0.1) is 11.3 Å². The number of guanidine groups is 1. The summed E-state index contributed by atoms with van der Waals surface area (Å²) < 4.78 is 31.7. The van der Waals surface area contributed by atoms with Gasteiger partial charge in [0, 0.05) is 39.7 Å². The molecule has 0 radical (unpaired) electrons. The number of ether oxygens (including phenoxy) is 1. The van der Waals surface area contributed by atoms with Crippen LogP contribution in [0.4, 0.5) is 0 Å². The van der Waals surface area contributed by atoms with E-state index in [1.54, 1.807) is 12.1 Å². The summed E-state index contributed by atoms with van der Waals surface area (Å²) in [6, 6.07) is 6.89. The van der Waals surface area contributed by atoms with Crippen LogP contribution < -0.4 is 10.6 Å². The van der Waals surface area contributed by atoms with Crippen molar-refractivity contribution in [2.75, 3.05) is 33.8 Å². The van der Waals surface area contributed by atoms with E-state index in [-0.39, 0.29) is 16.4 Å². The van der Waals surface area contributed by atoms with Crippen LogP contribution in [0.1, 0.15) is 46.1 Å². The third kappa shape index (κ3) is 6.68. The normalized spacial score (nSPS) is 21.0. The molecular weight excluding hydrogens is 400 g/mol. The lowest BCUT2D eigenvalue weighted by molar-refractivity contribution is -0.0835. The Morgan fingerprint density at radius 1 is 1.20 bits per heavy atom. The average Bonchev–Trinajstić information content (AvgIpc) is 2.69. The largest absolute Gasteiger partial charge is 0.377 e. The lowest BCUT2D eigenvalue weighted by Crippen LogP contribution is -2.47. The summed E-state index contributed by atoms with van der Waals surface area (Å²) >= 11 is 0. The molecule has 30 heavy (non-hydrogen) atoms. The van der Waals surface area contributed by atoms with Gasteiger partial charge in [-0.3, -0.25) is 0 Å². The highest BCUT2D eigenvalue weighted by molar-refractivity contribution is 7.89. The Balaban J connectivity index is 2.02. The molecule has 1 aliphatic heterocycles. The van der Waals surface area contributed by atoms with Crippen molar-refractivity contribution in [1.82, 2.24) is 14.9 Å². The van der Waals surface area contributed by atoms with Crippen LogP contribution >= 0.6 is 0 Å². The number of rotatable bonds is 7. The summed E-state index contributed by atoms with van der Waals surface area (Å²) in [5.74, 6) is 1.21. The van der Waals surface area contributed by atoms with Gasteiger partial charge < -0.3 is 15.4 Å². The van der Waals surface area contributed by atoms with E-state index in [1.807, 2.05) is 19.1 Å². The first-order valence-corrected chi connectivity index (χ1v) is 12.1. The maximum atomic E-state index is 12.2. The van der Waals surface area contributed by atoms with Gasteiger partial charge in [0.1, 0.15) is 0 Å². The van der Waals surface area contributed by atoms with E-state index < -0.39 is 10.0 Å². The number of sulfonamides is 1. The minimum Gasteiger partial charge on any atom is -0.377 e. The second-order valence-electron chi connectivity index (χ2n) is 9.07. The Hall–Kier alpha value is -1.64. The molecule has 0 spiro atoms. The zero-order chi connectivity index (χ0) is 22.4. The molecule has 2 atom stereocenters. The summed E-state index contributed by atoms with van der Waals surface area (Å²) in [6.07, 6.45) is 2.47. The summed E-state index contributed by atoms with van der Waals surface area (Å²) in [5.41, 5.74) is 1.06. The van der Waals surface area contributed by atoms with Gasteiger partial charge in [-0.2, -0.15) is 0 Å². The van der Waals surface area contributed by atoms with Gasteiger partial charge in [-0.1, -0.05) is 32.9 Å². The van der Waals surface area contributed by atoms with Crippen LogP contribution in [-0.2, 0) is 21.3 Å². The van der Waals surface area contributed by atoms with E-state index in [9.17, 15) is 8.42 Å². The Labute approximate surface area is 182 Å². The summed E-state index contributed by atoms with van der Waals surface area (Å²) in [4.78, 5) is 4.96. The van der Waals surface area contributed by atoms with E-state index in [0.717, 1.165) is 44.1 Å². The standard InChI is InChI=1S/C22H38N4O3S/c1-7-23-21(25-16-18-9-8-14-29-20(18)22(2,3)4)24-15-17-10-12-19(13-11-17)30(27,28)26(5)6/h10-13,18,20H,7-9,14-16H2,1-6H3,(H2,23,24,25). The minimum atomic E-state index is -3.41. The Morgan fingerprint density at radius 3 is 2.43 bits per heavy atom. The molecule has 170 valence electrons. The summed E-state index contributed by atoms with van der Waals surface area (Å²) in [5, 5.41) is 6.76. The van der Waals surface area contributed by atoms with Crippen molar-refractivity contribution in [3.8, 4) is 0 Å². The molecule has 0 aromatic heterocycles. The van der Waals surface area contributed by atoms with E-state index in [2.05, 4.69) is 36.4 Å². The molecule has 7 nitrogen and oxygen atoms in total. The lowest BCUT2D eigenvalue weighted by atomic mass is 9.78. The van der Waals surface area contributed by atoms with Crippen molar-refractivity contribution in [2.45, 2.75) is 58.1 Å². The van der Waals surface area contributed by atoms with Gasteiger partial charge >= 0.3 is 0 Å². The number of nitrogens with one attached hydrogen (secondary N) is 2. The van der Waals surface area contributed by atoms with Gasteiger partial charge in [0.15, 0.2) is 5.96 Å². The average molecular weight is 439 g/mol. The lowest BCUT2D eigenvalue weighted by Gasteiger charge is -2.40. The van der Waals surface area contributed by atoms with Gasteiger partial charge in [-0.15, -0.1) is 0 Å². The zero-order valence-corrected chi connectivity index (χ0v) is 20.1. The van der Waals surface area contributed by atoms with Gasteiger partial charge in [-0.05, 0) is 42.9 Å². The van der Waals surface area contributed by atoms with Crippen LogP contribution in [0.15, 0.2) is 34.2 Å². The van der Waals surface area contributed by atoms with Gasteiger partial charge in [0.2, 0.25) is 10.0 Å². The van der Waals surface area contributed by atoms with Gasteiger partial charge in [-0.25, -0.2) is 17.7 Å². The fraction of sp³-hybridized carbons (Fsp3) is 0.682. The topological polar surface area (TPSA) is 83.0 Å². The molecule has 8 heteroatoms. The van der Waals surface area contributed by atoms with Crippen molar-refractivity contribution in [1.29, 1.82) is 0 Å². The first-order chi connectivity index (χ1) is 14.1. The number of hydrogen-bond acceptors (Lipinski definition) is 4. The van der Waals surface area contributed by atoms with Crippen LogP contribution in [0.25, 0.3) is 0 Å². The molecule has 2 rings (SSSR count). The Kier molecular flexibility index (Phi) is 8.70. The maximum absolute atomic E-state index is 12.2. The van der Waals surface area contributed by atoms with Crippen molar-refractivity contribution < 1.29 is 13.2 Å². The molecule has 0 bridgehead atoms. The molecule has 1 aromatic rings. The van der Waals surface area contributed by atoms with Crippen LogP contribution in [0.2, 0.25) is 0 Å².